The van der Waals surface area contributed by atoms with Crippen LogP contribution in [0, 0.1) is 17.1 Å². The van der Waals surface area contributed by atoms with Crippen molar-refractivity contribution < 1.29 is 13.9 Å². The number of nitrogens with zero attached hydrogens (tertiary/aromatic N) is 2. The molecule has 6 heteroatoms. The monoisotopic (exact) mass is 305 g/mol. The number of ether oxygens (including phenoxy) is 1. The normalized spacial score (nSPS) is 21.5. The smallest absolute Gasteiger partial charge is 0.242 e. The van der Waals surface area contributed by atoms with Gasteiger partial charge in [-0.2, -0.15) is 5.26 Å². The van der Waals surface area contributed by atoms with Crippen molar-refractivity contribution in [2.45, 2.75) is 24.9 Å². The number of likely N-dealkylation sites (tertiary alicyclic amines) is 1. The Balaban J connectivity index is 2.27. The molecule has 0 aromatic heterocycles. The standard InChI is InChI=1S/C16H20FN3O2/c1-19-15(21)16(11-22-2)6-3-7-20(16)10-12-4-5-14(17)13(8-12)9-18/h4-5,8H,3,6-7,10-11H2,1-2H3,(H,19,21). The van der Waals surface area contributed by atoms with Crippen LogP contribution in [0.1, 0.15) is 24.0 Å². The number of nitrogens with one attached hydrogen (secondary N) is 1. The van der Waals surface area contributed by atoms with Gasteiger partial charge in [0.05, 0.1) is 12.2 Å². The topological polar surface area (TPSA) is 65.4 Å². The van der Waals surface area contributed by atoms with Crippen molar-refractivity contribution in [1.82, 2.24) is 10.2 Å². The molecule has 1 atom stereocenters. The first-order valence-electron chi connectivity index (χ1n) is 7.22. The van der Waals surface area contributed by atoms with E-state index in [-0.39, 0.29) is 11.5 Å². The van der Waals surface area contributed by atoms with Gasteiger partial charge >= 0.3 is 0 Å². The van der Waals surface area contributed by atoms with Gasteiger partial charge in [0.25, 0.3) is 0 Å². The summed E-state index contributed by atoms with van der Waals surface area (Å²) >= 11 is 0. The molecule has 1 unspecified atom stereocenters. The van der Waals surface area contributed by atoms with Crippen molar-refractivity contribution >= 4 is 5.91 Å². The first-order valence-corrected chi connectivity index (χ1v) is 7.22. The van der Waals surface area contributed by atoms with E-state index in [9.17, 15) is 9.18 Å². The molecular weight excluding hydrogens is 285 g/mol. The number of rotatable bonds is 5. The highest BCUT2D eigenvalue weighted by atomic mass is 19.1. The number of hydrogen-bond donors (Lipinski definition) is 1. The second-order valence-corrected chi connectivity index (χ2v) is 5.49. The minimum absolute atomic E-state index is 0.0222. The molecule has 1 aromatic carbocycles. The number of nitriles is 1. The molecule has 1 aliphatic rings. The summed E-state index contributed by atoms with van der Waals surface area (Å²) in [5.74, 6) is -0.600. The van der Waals surface area contributed by atoms with Gasteiger partial charge in [-0.3, -0.25) is 9.69 Å². The average Bonchev–Trinajstić information content (AvgIpc) is 2.92. The zero-order valence-corrected chi connectivity index (χ0v) is 12.9. The Hall–Kier alpha value is -1.97. The van der Waals surface area contributed by atoms with Crippen LogP contribution in [-0.2, 0) is 16.1 Å². The van der Waals surface area contributed by atoms with Crippen LogP contribution in [0.4, 0.5) is 4.39 Å². The number of hydrogen-bond acceptors (Lipinski definition) is 4. The molecule has 1 amide bonds. The van der Waals surface area contributed by atoms with Crippen molar-refractivity contribution in [1.29, 1.82) is 5.26 Å². The lowest BCUT2D eigenvalue weighted by atomic mass is 9.95. The Labute approximate surface area is 129 Å². The minimum Gasteiger partial charge on any atom is -0.382 e. The predicted molar refractivity (Wildman–Crippen MR) is 79.4 cm³/mol. The molecule has 118 valence electrons. The van der Waals surface area contributed by atoms with E-state index in [2.05, 4.69) is 5.32 Å². The van der Waals surface area contributed by atoms with Crippen molar-refractivity contribution in [2.75, 3.05) is 27.3 Å². The molecule has 0 saturated carbocycles. The van der Waals surface area contributed by atoms with Gasteiger partial charge in [0.2, 0.25) is 5.91 Å². The van der Waals surface area contributed by atoms with Crippen LogP contribution < -0.4 is 5.32 Å². The van der Waals surface area contributed by atoms with Crippen LogP contribution in [0.2, 0.25) is 0 Å². The van der Waals surface area contributed by atoms with Crippen molar-refractivity contribution in [3.8, 4) is 6.07 Å². The van der Waals surface area contributed by atoms with E-state index < -0.39 is 11.4 Å². The molecule has 1 fully saturated rings. The van der Waals surface area contributed by atoms with Gasteiger partial charge < -0.3 is 10.1 Å². The lowest BCUT2D eigenvalue weighted by Crippen LogP contribution is -2.57. The lowest BCUT2D eigenvalue weighted by Gasteiger charge is -2.36. The zero-order chi connectivity index (χ0) is 16.2. The third kappa shape index (κ3) is 2.96. The number of likely N-dealkylation sites (N-methyl/N-ethyl adjacent to an activating group) is 1. The van der Waals surface area contributed by atoms with Crippen molar-refractivity contribution in [3.63, 3.8) is 0 Å². The van der Waals surface area contributed by atoms with Crippen LogP contribution in [0.5, 0.6) is 0 Å². The van der Waals surface area contributed by atoms with Gasteiger partial charge in [-0.15, -0.1) is 0 Å². The third-order valence-electron chi connectivity index (χ3n) is 4.18. The molecule has 0 bridgehead atoms. The molecule has 1 aromatic rings. The highest BCUT2D eigenvalue weighted by Gasteiger charge is 2.46. The highest BCUT2D eigenvalue weighted by molar-refractivity contribution is 5.86. The Morgan fingerprint density at radius 1 is 1.59 bits per heavy atom. The summed E-state index contributed by atoms with van der Waals surface area (Å²) in [6.45, 7) is 1.54. The van der Waals surface area contributed by atoms with Crippen LogP contribution in [0.3, 0.4) is 0 Å². The molecule has 0 spiro atoms. The first-order chi connectivity index (χ1) is 10.6. The van der Waals surface area contributed by atoms with Crippen molar-refractivity contribution in [2.24, 2.45) is 0 Å². The van der Waals surface area contributed by atoms with E-state index in [0.29, 0.717) is 19.6 Å². The van der Waals surface area contributed by atoms with Gasteiger partial charge in [-0.25, -0.2) is 4.39 Å². The summed E-state index contributed by atoms with van der Waals surface area (Å²) in [7, 11) is 3.19. The lowest BCUT2D eigenvalue weighted by molar-refractivity contribution is -0.135. The maximum absolute atomic E-state index is 13.4. The summed E-state index contributed by atoms with van der Waals surface area (Å²) in [5.41, 5.74) is 0.128. The fourth-order valence-corrected chi connectivity index (χ4v) is 3.10. The molecule has 0 aliphatic carbocycles. The zero-order valence-electron chi connectivity index (χ0n) is 12.9. The second-order valence-electron chi connectivity index (χ2n) is 5.49. The Morgan fingerprint density at radius 3 is 3.00 bits per heavy atom. The number of methoxy groups -OCH3 is 1. The summed E-state index contributed by atoms with van der Waals surface area (Å²) in [6.07, 6.45) is 1.61. The maximum Gasteiger partial charge on any atom is 0.242 e. The van der Waals surface area contributed by atoms with E-state index in [1.807, 2.05) is 11.0 Å². The van der Waals surface area contributed by atoms with E-state index in [1.54, 1.807) is 20.2 Å². The Morgan fingerprint density at radius 2 is 2.36 bits per heavy atom. The minimum atomic E-state index is -0.704. The van der Waals surface area contributed by atoms with E-state index in [0.717, 1.165) is 18.5 Å². The van der Waals surface area contributed by atoms with Gasteiger partial charge in [0.15, 0.2) is 0 Å². The number of benzene rings is 1. The fourth-order valence-electron chi connectivity index (χ4n) is 3.10. The largest absolute Gasteiger partial charge is 0.382 e. The molecule has 2 rings (SSSR count). The molecule has 5 nitrogen and oxygen atoms in total. The van der Waals surface area contributed by atoms with Gasteiger partial charge in [0, 0.05) is 20.7 Å². The second kappa shape index (κ2) is 6.86. The van der Waals surface area contributed by atoms with E-state index in [1.165, 1.54) is 12.1 Å². The van der Waals surface area contributed by atoms with Gasteiger partial charge in [-0.05, 0) is 37.1 Å². The van der Waals surface area contributed by atoms with E-state index >= 15 is 0 Å². The summed E-state index contributed by atoms with van der Waals surface area (Å²) in [5, 5.41) is 11.6. The quantitative estimate of drug-likeness (QED) is 0.893. The summed E-state index contributed by atoms with van der Waals surface area (Å²) in [4.78, 5) is 14.4. The number of carbonyl (C=O) groups excluding carboxylic acids is 1. The van der Waals surface area contributed by atoms with E-state index in [4.69, 9.17) is 10.00 Å². The summed E-state index contributed by atoms with van der Waals surface area (Å²) in [6, 6.07) is 6.32. The molecule has 0 radical (unpaired) electrons. The fraction of sp³-hybridized carbons (Fsp3) is 0.500. The molecule has 22 heavy (non-hydrogen) atoms. The van der Waals surface area contributed by atoms with Crippen LogP contribution in [-0.4, -0.2) is 43.7 Å². The van der Waals surface area contributed by atoms with Crippen LogP contribution in [0.15, 0.2) is 18.2 Å². The van der Waals surface area contributed by atoms with Gasteiger partial charge in [-0.1, -0.05) is 6.07 Å². The molecule has 1 heterocycles. The Bertz CT molecular complexity index is 600. The average molecular weight is 305 g/mol. The number of halogens is 1. The first kappa shape index (κ1) is 16.4. The Kier molecular flexibility index (Phi) is 5.11. The maximum atomic E-state index is 13.4. The third-order valence-corrected chi connectivity index (χ3v) is 4.18. The summed E-state index contributed by atoms with van der Waals surface area (Å²) < 4.78 is 18.7. The van der Waals surface area contributed by atoms with Crippen molar-refractivity contribution in [3.05, 3.63) is 35.1 Å². The SMILES string of the molecule is CNC(=O)C1(COC)CCCN1Cc1ccc(F)c(C#N)c1. The van der Waals surface area contributed by atoms with Crippen LogP contribution in [0.25, 0.3) is 0 Å². The molecular formula is C16H20FN3O2. The molecule has 1 aliphatic heterocycles. The van der Waals surface area contributed by atoms with Crippen LogP contribution >= 0.6 is 0 Å². The number of carbonyl (C=O) groups is 1. The molecule has 1 N–H and O–H groups in total. The van der Waals surface area contributed by atoms with Gasteiger partial charge in [0.1, 0.15) is 17.4 Å². The molecule has 1 saturated heterocycles. The predicted octanol–water partition coefficient (Wildman–Crippen LogP) is 1.42. The highest BCUT2D eigenvalue weighted by Crippen LogP contribution is 2.32. The number of amides is 1.